The van der Waals surface area contributed by atoms with E-state index >= 15 is 0 Å². The second-order valence-electron chi connectivity index (χ2n) is 5.83. The first kappa shape index (κ1) is 17.6. The van der Waals surface area contributed by atoms with Gasteiger partial charge in [0.15, 0.2) is 5.78 Å². The highest BCUT2D eigenvalue weighted by Crippen LogP contribution is 2.27. The zero-order chi connectivity index (χ0) is 17.9. The second kappa shape index (κ2) is 7.33. The Kier molecular flexibility index (Phi) is 5.15. The fraction of sp³-hybridized carbons (Fsp3) is 0.333. The van der Waals surface area contributed by atoms with Gasteiger partial charge in [-0.15, -0.1) is 0 Å². The number of carbonyl (C=O) groups excluding carboxylic acids is 1. The monoisotopic (exact) mass is 350 g/mol. The smallest absolute Gasteiger partial charge is 0.371 e. The number of halogens is 3. The van der Waals surface area contributed by atoms with Gasteiger partial charge in [-0.25, -0.2) is 0 Å². The minimum absolute atomic E-state index is 0.00221. The first-order chi connectivity index (χ1) is 11.9. The predicted molar refractivity (Wildman–Crippen MR) is 85.3 cm³/mol. The maximum Gasteiger partial charge on any atom is 0.433 e. The molecular weight excluding hydrogens is 333 g/mol. The van der Waals surface area contributed by atoms with Crippen molar-refractivity contribution in [3.05, 3.63) is 65.0 Å². The summed E-state index contributed by atoms with van der Waals surface area (Å²) in [6, 6.07) is 9.47. The van der Waals surface area contributed by atoms with Gasteiger partial charge in [-0.2, -0.15) is 13.2 Å². The number of nitrogens with one attached hydrogen (secondary N) is 1. The summed E-state index contributed by atoms with van der Waals surface area (Å²) in [5.74, 6) is -0.274. The summed E-state index contributed by atoms with van der Waals surface area (Å²) in [4.78, 5) is 15.5. The van der Waals surface area contributed by atoms with Crippen molar-refractivity contribution < 1.29 is 22.7 Å². The number of pyridine rings is 1. The van der Waals surface area contributed by atoms with Crippen LogP contribution in [0.25, 0.3) is 0 Å². The minimum atomic E-state index is -4.51. The molecule has 0 unspecified atom stereocenters. The summed E-state index contributed by atoms with van der Waals surface area (Å²) in [5.41, 5.74) is 0.975. The van der Waals surface area contributed by atoms with Gasteiger partial charge >= 0.3 is 6.18 Å². The van der Waals surface area contributed by atoms with Gasteiger partial charge in [-0.1, -0.05) is 24.3 Å². The topological polar surface area (TPSA) is 51.2 Å². The van der Waals surface area contributed by atoms with Crippen molar-refractivity contribution in [2.24, 2.45) is 0 Å². The number of ketones is 1. The predicted octanol–water partition coefficient (Wildman–Crippen LogP) is 3.19. The molecule has 0 aliphatic carbocycles. The number of hydrogen-bond acceptors (Lipinski definition) is 4. The van der Waals surface area contributed by atoms with Crippen LogP contribution in [0, 0.1) is 0 Å². The number of aromatic nitrogens is 1. The lowest BCUT2D eigenvalue weighted by Gasteiger charge is -2.24. The number of rotatable bonds is 4. The molecule has 3 rings (SSSR count). The van der Waals surface area contributed by atoms with Crippen LogP contribution in [0.5, 0.6) is 0 Å². The van der Waals surface area contributed by atoms with Crippen LogP contribution >= 0.6 is 0 Å². The number of Topliss-reactive ketones (excluding diaryl/α,β-unsaturated/α-hetero) is 1. The van der Waals surface area contributed by atoms with Crippen molar-refractivity contribution in [2.45, 2.75) is 18.7 Å². The Bertz CT molecular complexity index is 721. The van der Waals surface area contributed by atoms with Crippen LogP contribution < -0.4 is 5.32 Å². The van der Waals surface area contributed by atoms with E-state index in [0.29, 0.717) is 6.61 Å². The SMILES string of the molecule is O=C(Cc1ccc([C@H]2CNCCO2)cc1)c1ccc(C(F)(F)F)nc1. The first-order valence-corrected chi connectivity index (χ1v) is 7.91. The third-order valence-electron chi connectivity index (χ3n) is 4.02. The number of benzene rings is 1. The molecule has 1 atom stereocenters. The van der Waals surface area contributed by atoms with Gasteiger partial charge < -0.3 is 10.1 Å². The first-order valence-electron chi connectivity index (χ1n) is 7.91. The van der Waals surface area contributed by atoms with Gasteiger partial charge in [-0.05, 0) is 23.3 Å². The average Bonchev–Trinajstić information content (AvgIpc) is 2.62. The maximum absolute atomic E-state index is 12.5. The van der Waals surface area contributed by atoms with E-state index in [9.17, 15) is 18.0 Å². The van der Waals surface area contributed by atoms with E-state index in [-0.39, 0.29) is 23.9 Å². The Hall–Kier alpha value is -2.25. The van der Waals surface area contributed by atoms with Crippen LogP contribution in [-0.2, 0) is 17.3 Å². The molecule has 1 aliphatic heterocycles. The molecule has 2 aromatic rings. The molecule has 0 amide bonds. The summed E-state index contributed by atoms with van der Waals surface area (Å²) in [6.07, 6.45) is -3.43. The molecule has 1 aromatic heterocycles. The summed E-state index contributed by atoms with van der Waals surface area (Å²) in [5, 5.41) is 3.25. The lowest BCUT2D eigenvalue weighted by atomic mass is 10.0. The molecule has 1 N–H and O–H groups in total. The average molecular weight is 350 g/mol. The maximum atomic E-state index is 12.5. The highest BCUT2D eigenvalue weighted by atomic mass is 19.4. The fourth-order valence-corrected chi connectivity index (χ4v) is 2.64. The summed E-state index contributed by atoms with van der Waals surface area (Å²) < 4.78 is 43.2. The Balaban J connectivity index is 1.64. The van der Waals surface area contributed by atoms with Crippen molar-refractivity contribution in [2.75, 3.05) is 19.7 Å². The van der Waals surface area contributed by atoms with E-state index < -0.39 is 11.9 Å². The second-order valence-corrected chi connectivity index (χ2v) is 5.83. The molecule has 1 aliphatic rings. The molecule has 132 valence electrons. The molecule has 25 heavy (non-hydrogen) atoms. The van der Waals surface area contributed by atoms with Crippen LogP contribution in [0.4, 0.5) is 13.2 Å². The van der Waals surface area contributed by atoms with Crippen molar-refractivity contribution in [1.29, 1.82) is 0 Å². The molecule has 0 radical (unpaired) electrons. The van der Waals surface area contributed by atoms with Gasteiger partial charge in [0, 0.05) is 31.3 Å². The molecule has 0 spiro atoms. The molecule has 2 heterocycles. The highest BCUT2D eigenvalue weighted by molar-refractivity contribution is 5.97. The van der Waals surface area contributed by atoms with Gasteiger partial charge in [0.2, 0.25) is 0 Å². The van der Waals surface area contributed by atoms with E-state index in [2.05, 4.69) is 10.3 Å². The number of alkyl halides is 3. The summed E-state index contributed by atoms with van der Waals surface area (Å²) >= 11 is 0. The van der Waals surface area contributed by atoms with Crippen molar-refractivity contribution in [3.63, 3.8) is 0 Å². The molecule has 1 aromatic carbocycles. The Morgan fingerprint density at radius 2 is 1.96 bits per heavy atom. The zero-order valence-corrected chi connectivity index (χ0v) is 13.3. The third-order valence-corrected chi connectivity index (χ3v) is 4.02. The number of ether oxygens (including phenoxy) is 1. The van der Waals surface area contributed by atoms with Crippen LogP contribution in [0.1, 0.15) is 33.3 Å². The normalized spacial score (nSPS) is 18.1. The Labute approximate surface area is 143 Å². The zero-order valence-electron chi connectivity index (χ0n) is 13.3. The molecule has 0 bridgehead atoms. The third kappa shape index (κ3) is 4.43. The lowest BCUT2D eigenvalue weighted by Crippen LogP contribution is -2.33. The van der Waals surface area contributed by atoms with Crippen LogP contribution in [0.15, 0.2) is 42.6 Å². The van der Waals surface area contributed by atoms with Crippen LogP contribution in [-0.4, -0.2) is 30.5 Å². The van der Waals surface area contributed by atoms with E-state index in [1.165, 1.54) is 0 Å². The van der Waals surface area contributed by atoms with Crippen molar-refractivity contribution >= 4 is 5.78 Å². The number of nitrogens with zero attached hydrogens (tertiary/aromatic N) is 1. The van der Waals surface area contributed by atoms with Crippen LogP contribution in [0.2, 0.25) is 0 Å². The Morgan fingerprint density at radius 1 is 1.20 bits per heavy atom. The van der Waals surface area contributed by atoms with E-state index in [1.54, 1.807) is 0 Å². The summed E-state index contributed by atoms with van der Waals surface area (Å²) in [7, 11) is 0. The van der Waals surface area contributed by atoms with E-state index in [1.807, 2.05) is 24.3 Å². The fourth-order valence-electron chi connectivity index (χ4n) is 2.64. The quantitative estimate of drug-likeness (QED) is 0.861. The highest BCUT2D eigenvalue weighted by Gasteiger charge is 2.32. The van der Waals surface area contributed by atoms with E-state index in [0.717, 1.165) is 42.5 Å². The largest absolute Gasteiger partial charge is 0.433 e. The number of morpholine rings is 1. The molecule has 0 saturated carbocycles. The minimum Gasteiger partial charge on any atom is -0.371 e. The van der Waals surface area contributed by atoms with E-state index in [4.69, 9.17) is 4.74 Å². The van der Waals surface area contributed by atoms with Crippen LogP contribution in [0.3, 0.4) is 0 Å². The van der Waals surface area contributed by atoms with Gasteiger partial charge in [0.05, 0.1) is 12.7 Å². The molecule has 1 saturated heterocycles. The lowest BCUT2D eigenvalue weighted by molar-refractivity contribution is -0.141. The van der Waals surface area contributed by atoms with Gasteiger partial charge in [0.25, 0.3) is 0 Å². The molecule has 7 heteroatoms. The standard InChI is InChI=1S/C18H17F3N2O2/c19-18(20,21)17-6-5-14(10-23-17)15(24)9-12-1-3-13(4-2-12)16-11-22-7-8-25-16/h1-6,10,16,22H,7-9,11H2/t16-/m1/s1. The molecular formula is C18H17F3N2O2. The molecule has 4 nitrogen and oxygen atoms in total. The van der Waals surface area contributed by atoms with Crippen molar-refractivity contribution in [3.8, 4) is 0 Å². The van der Waals surface area contributed by atoms with Crippen molar-refractivity contribution in [1.82, 2.24) is 10.3 Å². The van der Waals surface area contributed by atoms with Gasteiger partial charge in [0.1, 0.15) is 5.69 Å². The van der Waals surface area contributed by atoms with Gasteiger partial charge in [-0.3, -0.25) is 9.78 Å². The Morgan fingerprint density at radius 3 is 2.52 bits per heavy atom. The number of carbonyl (C=O) groups is 1. The summed E-state index contributed by atoms with van der Waals surface area (Å²) in [6.45, 7) is 2.24. The number of hydrogen-bond donors (Lipinski definition) is 1. The molecule has 1 fully saturated rings.